The molecule has 3 N–H and O–H groups in total. The smallest absolute Gasteiger partial charge is 0.0390 e. The molecular formula is C7H17N3. The summed E-state index contributed by atoms with van der Waals surface area (Å²) in [6, 6.07) is 0.350. The first kappa shape index (κ1) is 9.30. The van der Waals surface area contributed by atoms with Gasteiger partial charge in [0.25, 0.3) is 0 Å². The Labute approximate surface area is 62.9 Å². The summed E-state index contributed by atoms with van der Waals surface area (Å²) < 4.78 is 0. The molecule has 10 heavy (non-hydrogen) atoms. The van der Waals surface area contributed by atoms with Crippen molar-refractivity contribution in [3.8, 4) is 0 Å². The lowest BCUT2D eigenvalue weighted by atomic mass is 10.4. The summed E-state index contributed by atoms with van der Waals surface area (Å²) in [7, 11) is 1.88. The van der Waals surface area contributed by atoms with Crippen LogP contribution in [0, 0.1) is 0 Å². The Hall–Kier alpha value is -0.700. The molecule has 0 bridgehead atoms. The lowest BCUT2D eigenvalue weighted by Gasteiger charge is -2.18. The molecule has 0 saturated carbocycles. The topological polar surface area (TPSA) is 41.3 Å². The molecule has 0 aliphatic rings. The molecule has 0 aromatic rings. The van der Waals surface area contributed by atoms with Crippen molar-refractivity contribution in [2.45, 2.75) is 26.8 Å². The average Bonchev–Trinajstić information content (AvgIpc) is 1.87. The molecule has 0 unspecified atom stereocenters. The van der Waals surface area contributed by atoms with Crippen LogP contribution in [0.4, 0.5) is 0 Å². The number of nitrogens with two attached hydrogens (primary N) is 1. The standard InChI is InChI=1S/C7H17N3/c1-6(2)10(8)5-7(3)9-4/h5-6,9H,8H2,1-4H3/b7-5-. The number of nitrogens with zero attached hydrogens (tertiary/aromatic N) is 1. The van der Waals surface area contributed by atoms with E-state index >= 15 is 0 Å². The molecule has 0 aliphatic carbocycles. The van der Waals surface area contributed by atoms with Gasteiger partial charge in [-0.05, 0) is 20.8 Å². The molecular weight excluding hydrogens is 126 g/mol. The average molecular weight is 143 g/mol. The summed E-state index contributed by atoms with van der Waals surface area (Å²) in [6.07, 6.45) is 1.88. The molecule has 0 spiro atoms. The Kier molecular flexibility index (Phi) is 3.88. The zero-order chi connectivity index (χ0) is 8.15. The molecule has 0 atom stereocenters. The van der Waals surface area contributed by atoms with Gasteiger partial charge < -0.3 is 10.3 Å². The molecule has 3 nitrogen and oxygen atoms in total. The van der Waals surface area contributed by atoms with E-state index in [9.17, 15) is 0 Å². The van der Waals surface area contributed by atoms with Gasteiger partial charge in [0.2, 0.25) is 0 Å². The minimum Gasteiger partial charge on any atom is -0.390 e. The van der Waals surface area contributed by atoms with E-state index in [0.29, 0.717) is 6.04 Å². The number of allylic oxidation sites excluding steroid dienone is 1. The van der Waals surface area contributed by atoms with Crippen LogP contribution in [0.5, 0.6) is 0 Å². The molecule has 0 fully saturated rings. The second-order valence-electron chi connectivity index (χ2n) is 2.60. The Morgan fingerprint density at radius 1 is 1.60 bits per heavy atom. The number of hydrogen-bond donors (Lipinski definition) is 2. The summed E-state index contributed by atoms with van der Waals surface area (Å²) in [4.78, 5) is 0. The van der Waals surface area contributed by atoms with Crippen molar-refractivity contribution in [2.24, 2.45) is 5.84 Å². The Bertz CT molecular complexity index is 118. The maximum Gasteiger partial charge on any atom is 0.0390 e. The van der Waals surface area contributed by atoms with Crippen molar-refractivity contribution in [3.05, 3.63) is 11.9 Å². The molecule has 0 amide bonds. The van der Waals surface area contributed by atoms with Gasteiger partial charge in [0.1, 0.15) is 0 Å². The predicted molar refractivity (Wildman–Crippen MR) is 44.0 cm³/mol. The molecule has 60 valence electrons. The Morgan fingerprint density at radius 3 is 2.40 bits per heavy atom. The SMILES string of the molecule is CN/C(C)=C\N(N)C(C)C. The fourth-order valence-electron chi connectivity index (χ4n) is 0.437. The van der Waals surface area contributed by atoms with Crippen molar-refractivity contribution in [1.29, 1.82) is 0 Å². The molecule has 0 aromatic carbocycles. The summed E-state index contributed by atoms with van der Waals surface area (Å²) in [5.41, 5.74) is 1.07. The summed E-state index contributed by atoms with van der Waals surface area (Å²) in [6.45, 7) is 6.06. The van der Waals surface area contributed by atoms with Crippen molar-refractivity contribution in [2.75, 3.05) is 7.05 Å². The van der Waals surface area contributed by atoms with Gasteiger partial charge in [0.05, 0.1) is 0 Å². The number of hydrogen-bond acceptors (Lipinski definition) is 3. The van der Waals surface area contributed by atoms with E-state index in [-0.39, 0.29) is 0 Å². The first-order valence-electron chi connectivity index (χ1n) is 3.47. The summed E-state index contributed by atoms with van der Waals surface area (Å²) in [5.74, 6) is 5.61. The van der Waals surface area contributed by atoms with Gasteiger partial charge >= 0.3 is 0 Å². The van der Waals surface area contributed by atoms with Crippen LogP contribution in [0.2, 0.25) is 0 Å². The van der Waals surface area contributed by atoms with Crippen molar-refractivity contribution >= 4 is 0 Å². The van der Waals surface area contributed by atoms with E-state index in [1.807, 2.05) is 34.0 Å². The highest BCUT2D eigenvalue weighted by Crippen LogP contribution is 1.93. The summed E-state index contributed by atoms with van der Waals surface area (Å²) in [5, 5.41) is 4.66. The lowest BCUT2D eigenvalue weighted by molar-refractivity contribution is 0.319. The van der Waals surface area contributed by atoms with Crippen LogP contribution in [0.15, 0.2) is 11.9 Å². The van der Waals surface area contributed by atoms with E-state index in [1.54, 1.807) is 5.01 Å². The molecule has 0 rings (SSSR count). The van der Waals surface area contributed by atoms with Crippen LogP contribution in [-0.4, -0.2) is 18.1 Å². The number of nitrogens with one attached hydrogen (secondary N) is 1. The van der Waals surface area contributed by atoms with E-state index in [2.05, 4.69) is 5.32 Å². The minimum atomic E-state index is 0.350. The van der Waals surface area contributed by atoms with E-state index in [1.165, 1.54) is 0 Å². The van der Waals surface area contributed by atoms with Crippen LogP contribution in [0.25, 0.3) is 0 Å². The maximum atomic E-state index is 5.61. The molecule has 0 radical (unpaired) electrons. The van der Waals surface area contributed by atoms with Gasteiger partial charge in [-0.3, -0.25) is 0 Å². The van der Waals surface area contributed by atoms with Gasteiger partial charge in [-0.1, -0.05) is 0 Å². The Balaban J connectivity index is 3.86. The lowest BCUT2D eigenvalue weighted by Crippen LogP contribution is -2.33. The van der Waals surface area contributed by atoms with Crippen molar-refractivity contribution < 1.29 is 0 Å². The van der Waals surface area contributed by atoms with E-state index in [0.717, 1.165) is 5.70 Å². The first-order chi connectivity index (χ1) is 4.57. The van der Waals surface area contributed by atoms with Crippen LogP contribution < -0.4 is 11.2 Å². The van der Waals surface area contributed by atoms with Gasteiger partial charge in [0, 0.05) is 25.0 Å². The van der Waals surface area contributed by atoms with Crippen molar-refractivity contribution in [1.82, 2.24) is 10.3 Å². The zero-order valence-corrected chi connectivity index (χ0v) is 7.18. The number of rotatable bonds is 3. The third-order valence-electron chi connectivity index (χ3n) is 1.33. The molecule has 0 heterocycles. The molecule has 0 aromatic heterocycles. The van der Waals surface area contributed by atoms with Crippen LogP contribution in [0.3, 0.4) is 0 Å². The molecule has 0 saturated heterocycles. The fourth-order valence-corrected chi connectivity index (χ4v) is 0.437. The van der Waals surface area contributed by atoms with Gasteiger partial charge in [0.15, 0.2) is 0 Å². The highest BCUT2D eigenvalue weighted by Gasteiger charge is 1.96. The quantitative estimate of drug-likeness (QED) is 0.450. The van der Waals surface area contributed by atoms with Crippen LogP contribution in [0.1, 0.15) is 20.8 Å². The fraction of sp³-hybridized carbons (Fsp3) is 0.714. The highest BCUT2D eigenvalue weighted by atomic mass is 15.4. The minimum absolute atomic E-state index is 0.350. The van der Waals surface area contributed by atoms with E-state index in [4.69, 9.17) is 5.84 Å². The van der Waals surface area contributed by atoms with Gasteiger partial charge in [-0.2, -0.15) is 0 Å². The normalized spacial score (nSPS) is 12.0. The Morgan fingerprint density at radius 2 is 2.10 bits per heavy atom. The zero-order valence-electron chi connectivity index (χ0n) is 7.18. The largest absolute Gasteiger partial charge is 0.390 e. The second-order valence-corrected chi connectivity index (χ2v) is 2.60. The summed E-state index contributed by atoms with van der Waals surface area (Å²) >= 11 is 0. The van der Waals surface area contributed by atoms with Crippen molar-refractivity contribution in [3.63, 3.8) is 0 Å². The van der Waals surface area contributed by atoms with Gasteiger partial charge in [-0.15, -0.1) is 0 Å². The third-order valence-corrected chi connectivity index (χ3v) is 1.33. The predicted octanol–water partition coefficient (Wildman–Crippen LogP) is 0.651. The van der Waals surface area contributed by atoms with Crippen LogP contribution in [-0.2, 0) is 0 Å². The highest BCUT2D eigenvalue weighted by molar-refractivity contribution is 4.92. The maximum absolute atomic E-state index is 5.61. The van der Waals surface area contributed by atoms with Gasteiger partial charge in [-0.25, -0.2) is 5.84 Å². The second kappa shape index (κ2) is 4.17. The van der Waals surface area contributed by atoms with E-state index < -0.39 is 0 Å². The number of hydrazine groups is 1. The molecule has 3 heteroatoms. The molecule has 0 aliphatic heterocycles. The van der Waals surface area contributed by atoms with Crippen LogP contribution >= 0.6 is 0 Å². The third kappa shape index (κ3) is 3.35. The monoisotopic (exact) mass is 143 g/mol. The first-order valence-corrected chi connectivity index (χ1v) is 3.47.